The number of fused-ring (bicyclic) bond motifs is 4. The maximum atomic E-state index is 12.9. The second kappa shape index (κ2) is 7.64. The van der Waals surface area contributed by atoms with Crippen LogP contribution in [0.3, 0.4) is 0 Å². The van der Waals surface area contributed by atoms with Gasteiger partial charge in [-0.2, -0.15) is 0 Å². The highest BCUT2D eigenvalue weighted by Gasteiger charge is 2.44. The van der Waals surface area contributed by atoms with Crippen molar-refractivity contribution in [2.75, 3.05) is 25.6 Å². The Morgan fingerprint density at radius 2 is 2.10 bits per heavy atom. The number of non-ortho nitro benzene ring substituents is 1. The van der Waals surface area contributed by atoms with Crippen molar-refractivity contribution < 1.29 is 24.0 Å². The molecule has 2 bridgehead atoms. The maximum Gasteiger partial charge on any atom is 0.416 e. The number of amides is 3. The highest BCUT2D eigenvalue weighted by molar-refractivity contribution is 7.16. The van der Waals surface area contributed by atoms with E-state index in [9.17, 15) is 19.7 Å². The number of rotatable bonds is 3. The number of carbonyl (C=O) groups is 2. The summed E-state index contributed by atoms with van der Waals surface area (Å²) >= 11 is 1.29. The minimum Gasteiger partial charge on any atom is -0.410 e. The van der Waals surface area contributed by atoms with Gasteiger partial charge in [0.2, 0.25) is 0 Å². The third-order valence-electron chi connectivity index (χ3n) is 4.69. The summed E-state index contributed by atoms with van der Waals surface area (Å²) in [5.41, 5.74) is 0.748. The predicted molar refractivity (Wildman–Crippen MR) is 102 cm³/mol. The van der Waals surface area contributed by atoms with Crippen LogP contribution in [0, 0.1) is 10.1 Å². The molecule has 2 aliphatic rings. The Bertz CT molecular complexity index is 962. The minimum atomic E-state index is -0.558. The van der Waals surface area contributed by atoms with Crippen molar-refractivity contribution in [3.8, 4) is 5.75 Å². The van der Waals surface area contributed by atoms with Crippen LogP contribution < -0.4 is 15.4 Å². The van der Waals surface area contributed by atoms with E-state index in [1.54, 1.807) is 4.90 Å². The lowest BCUT2D eigenvalue weighted by Gasteiger charge is -2.43. The van der Waals surface area contributed by atoms with Crippen LogP contribution in [-0.4, -0.2) is 53.2 Å². The number of nitro benzene ring substituents is 1. The van der Waals surface area contributed by atoms with Gasteiger partial charge < -0.3 is 14.8 Å². The number of aromatic nitrogens is 1. The molecular weight excluding hydrogens is 402 g/mol. The predicted octanol–water partition coefficient (Wildman–Crippen LogP) is 2.30. The van der Waals surface area contributed by atoms with E-state index in [0.717, 1.165) is 10.6 Å². The summed E-state index contributed by atoms with van der Waals surface area (Å²) in [7, 11) is 1.51. The smallest absolute Gasteiger partial charge is 0.410 e. The Kier molecular flexibility index (Phi) is 5.03. The molecule has 2 atom stereocenters. The van der Waals surface area contributed by atoms with E-state index in [2.05, 4.69) is 15.6 Å². The Hall–Kier alpha value is -3.25. The van der Waals surface area contributed by atoms with Gasteiger partial charge in [-0.3, -0.25) is 20.3 Å². The number of nitro groups is 1. The number of hydrogen-bond donors (Lipinski definition) is 2. The summed E-state index contributed by atoms with van der Waals surface area (Å²) in [5, 5.41) is 16.3. The second-order valence-corrected chi connectivity index (χ2v) is 7.50. The molecule has 1 aromatic heterocycles. The second-order valence-electron chi connectivity index (χ2n) is 6.47. The molecule has 0 radical (unpaired) electrons. The fraction of sp³-hybridized carbons (Fsp3) is 0.353. The molecule has 0 unspecified atom stereocenters. The first-order valence-corrected chi connectivity index (χ1v) is 9.58. The minimum absolute atomic E-state index is 0.0847. The number of carbonyl (C=O) groups excluding carboxylic acids is 2. The van der Waals surface area contributed by atoms with Crippen LogP contribution in [0.1, 0.15) is 16.6 Å². The van der Waals surface area contributed by atoms with Crippen LogP contribution in [0.15, 0.2) is 24.3 Å². The normalized spacial score (nSPS) is 19.8. The van der Waals surface area contributed by atoms with Crippen molar-refractivity contribution >= 4 is 34.3 Å². The molecule has 152 valence electrons. The summed E-state index contributed by atoms with van der Waals surface area (Å²) < 4.78 is 11.1. The van der Waals surface area contributed by atoms with E-state index in [-0.39, 0.29) is 29.6 Å². The number of morpholine rings is 1. The number of urea groups is 1. The molecule has 2 aliphatic heterocycles. The molecule has 1 aromatic carbocycles. The molecule has 0 aliphatic carbocycles. The molecule has 11 nitrogen and oxygen atoms in total. The molecule has 3 heterocycles. The van der Waals surface area contributed by atoms with Gasteiger partial charge in [0.1, 0.15) is 5.75 Å². The van der Waals surface area contributed by atoms with Crippen LogP contribution in [0.4, 0.5) is 20.4 Å². The Morgan fingerprint density at radius 3 is 2.79 bits per heavy atom. The molecule has 0 saturated carbocycles. The molecule has 0 spiro atoms. The average molecular weight is 419 g/mol. The Morgan fingerprint density at radius 1 is 1.34 bits per heavy atom. The number of hydrogen-bond acceptors (Lipinski definition) is 8. The SMILES string of the molecule is CNC(=O)Nc1nc2c(s1)[C@@H]1COC[C@H](C2)N1C(=O)Oc1ccc([N+](=O)[O-])cc1. The molecule has 2 aromatic rings. The van der Waals surface area contributed by atoms with Gasteiger partial charge in [0, 0.05) is 25.6 Å². The quantitative estimate of drug-likeness (QED) is 0.575. The number of nitrogens with zero attached hydrogens (tertiary/aromatic N) is 3. The van der Waals surface area contributed by atoms with Gasteiger partial charge >= 0.3 is 12.1 Å². The first kappa shape index (κ1) is 19.1. The zero-order valence-corrected chi connectivity index (χ0v) is 16.1. The van der Waals surface area contributed by atoms with Gasteiger partial charge in [-0.15, -0.1) is 0 Å². The van der Waals surface area contributed by atoms with E-state index in [4.69, 9.17) is 9.47 Å². The van der Waals surface area contributed by atoms with Crippen LogP contribution >= 0.6 is 11.3 Å². The standard InChI is InChI=1S/C17H17N5O6S/c1-18-15(23)20-16-19-12-6-10-7-27-8-13(14(12)29-16)21(10)17(24)28-11-4-2-9(3-5-11)22(25)26/h2-5,10,13H,6-8H2,1H3,(H2,18,19,20,23)/t10-,13-/m0/s1. The highest BCUT2D eigenvalue weighted by Crippen LogP contribution is 2.41. The number of ether oxygens (including phenoxy) is 2. The molecular formula is C17H17N5O6S. The Labute approximate surface area is 168 Å². The van der Waals surface area contributed by atoms with Gasteiger partial charge in [0.05, 0.1) is 40.8 Å². The Balaban J connectivity index is 1.54. The van der Waals surface area contributed by atoms with Crippen LogP contribution in [0.5, 0.6) is 5.75 Å². The molecule has 3 amide bonds. The number of nitrogens with one attached hydrogen (secondary N) is 2. The van der Waals surface area contributed by atoms with Gasteiger partial charge in [-0.25, -0.2) is 14.6 Å². The van der Waals surface area contributed by atoms with Gasteiger partial charge in [-0.05, 0) is 12.1 Å². The largest absolute Gasteiger partial charge is 0.416 e. The molecule has 2 N–H and O–H groups in total. The third-order valence-corrected chi connectivity index (χ3v) is 5.80. The third kappa shape index (κ3) is 3.71. The zero-order chi connectivity index (χ0) is 20.5. The average Bonchev–Trinajstić information content (AvgIpc) is 3.09. The topological polar surface area (TPSA) is 136 Å². The molecule has 4 rings (SSSR count). The van der Waals surface area contributed by atoms with Gasteiger partial charge in [0.15, 0.2) is 5.13 Å². The zero-order valence-electron chi connectivity index (χ0n) is 15.3. The number of thiazole rings is 1. The van der Waals surface area contributed by atoms with E-state index >= 15 is 0 Å². The summed E-state index contributed by atoms with van der Waals surface area (Å²) in [6.45, 7) is 0.640. The number of benzene rings is 1. The van der Waals surface area contributed by atoms with E-state index in [1.165, 1.54) is 42.6 Å². The lowest BCUT2D eigenvalue weighted by Crippen LogP contribution is -2.54. The van der Waals surface area contributed by atoms with Crippen molar-refractivity contribution in [3.63, 3.8) is 0 Å². The summed E-state index contributed by atoms with van der Waals surface area (Å²) in [4.78, 5) is 41.6. The molecule has 12 heteroatoms. The monoisotopic (exact) mass is 419 g/mol. The van der Waals surface area contributed by atoms with Gasteiger partial charge in [-0.1, -0.05) is 11.3 Å². The molecule has 29 heavy (non-hydrogen) atoms. The van der Waals surface area contributed by atoms with E-state index in [0.29, 0.717) is 24.8 Å². The van der Waals surface area contributed by atoms with Gasteiger partial charge in [0.25, 0.3) is 5.69 Å². The molecule has 1 saturated heterocycles. The van der Waals surface area contributed by atoms with E-state index < -0.39 is 11.0 Å². The lowest BCUT2D eigenvalue weighted by molar-refractivity contribution is -0.384. The first-order valence-electron chi connectivity index (χ1n) is 8.77. The van der Waals surface area contributed by atoms with Crippen molar-refractivity contribution in [1.29, 1.82) is 0 Å². The lowest BCUT2D eigenvalue weighted by atomic mass is 9.97. The molecule has 1 fully saturated rings. The first-order chi connectivity index (χ1) is 14.0. The van der Waals surface area contributed by atoms with Crippen molar-refractivity contribution in [2.24, 2.45) is 0 Å². The number of anilines is 1. The summed E-state index contributed by atoms with van der Waals surface area (Å²) in [6, 6.07) is 4.33. The van der Waals surface area contributed by atoms with Crippen LogP contribution in [0.25, 0.3) is 0 Å². The van der Waals surface area contributed by atoms with Crippen molar-refractivity contribution in [1.82, 2.24) is 15.2 Å². The van der Waals surface area contributed by atoms with Crippen LogP contribution in [0.2, 0.25) is 0 Å². The maximum absolute atomic E-state index is 12.9. The van der Waals surface area contributed by atoms with Crippen LogP contribution in [-0.2, 0) is 11.2 Å². The van der Waals surface area contributed by atoms with Crippen molar-refractivity contribution in [3.05, 3.63) is 45.0 Å². The highest BCUT2D eigenvalue weighted by atomic mass is 32.1. The van der Waals surface area contributed by atoms with E-state index in [1.807, 2.05) is 0 Å². The fourth-order valence-electron chi connectivity index (χ4n) is 3.36. The fourth-order valence-corrected chi connectivity index (χ4v) is 4.43. The van der Waals surface area contributed by atoms with Crippen molar-refractivity contribution in [2.45, 2.75) is 18.5 Å². The summed E-state index contributed by atoms with van der Waals surface area (Å²) in [6.07, 6.45) is -0.0790. The summed E-state index contributed by atoms with van der Waals surface area (Å²) in [5.74, 6) is 0.219.